The van der Waals surface area contributed by atoms with Gasteiger partial charge in [0.05, 0.1) is 16.3 Å². The Balaban J connectivity index is 1.37. The van der Waals surface area contributed by atoms with E-state index in [-0.39, 0.29) is 28.2 Å². The predicted octanol–water partition coefficient (Wildman–Crippen LogP) is 3.72. The van der Waals surface area contributed by atoms with Gasteiger partial charge in [-0.1, -0.05) is 13.3 Å². The molecular weight excluding hydrogens is 486 g/mol. The number of nitrogens with zero attached hydrogens (tertiary/aromatic N) is 2. The molecule has 2 fully saturated rings. The second kappa shape index (κ2) is 10.8. The van der Waals surface area contributed by atoms with Crippen LogP contribution in [0.1, 0.15) is 55.8 Å². The number of piperidine rings is 1. The van der Waals surface area contributed by atoms with E-state index in [2.05, 4.69) is 5.32 Å². The van der Waals surface area contributed by atoms with Crippen LogP contribution in [0.5, 0.6) is 0 Å². The van der Waals surface area contributed by atoms with Crippen molar-refractivity contribution < 1.29 is 21.6 Å². The van der Waals surface area contributed by atoms with Gasteiger partial charge >= 0.3 is 0 Å². The predicted molar refractivity (Wildman–Crippen MR) is 136 cm³/mol. The third-order valence-electron chi connectivity index (χ3n) is 6.84. The quantitative estimate of drug-likeness (QED) is 0.507. The molecule has 2 aliphatic rings. The van der Waals surface area contributed by atoms with Crippen molar-refractivity contribution >= 4 is 31.5 Å². The van der Waals surface area contributed by atoms with Crippen LogP contribution in [0.2, 0.25) is 0 Å². The highest BCUT2D eigenvalue weighted by molar-refractivity contribution is 7.89. The molecule has 2 heterocycles. The summed E-state index contributed by atoms with van der Waals surface area (Å²) in [7, 11) is -7.06. The lowest BCUT2D eigenvalue weighted by Gasteiger charge is -2.34. The van der Waals surface area contributed by atoms with Crippen LogP contribution in [-0.2, 0) is 20.0 Å². The van der Waals surface area contributed by atoms with Crippen LogP contribution in [0.3, 0.4) is 0 Å². The summed E-state index contributed by atoms with van der Waals surface area (Å²) in [5, 5.41) is 3.03. The zero-order valence-corrected chi connectivity index (χ0v) is 21.7. The van der Waals surface area contributed by atoms with Gasteiger partial charge in [0, 0.05) is 36.9 Å². The van der Waals surface area contributed by atoms with Crippen molar-refractivity contribution in [2.75, 3.05) is 31.5 Å². The minimum atomic E-state index is -3.55. The molecule has 2 aliphatic heterocycles. The molecular formula is C25H33N3O5S2. The Labute approximate surface area is 208 Å². The molecule has 0 amide bonds. The van der Waals surface area contributed by atoms with Gasteiger partial charge in [0.2, 0.25) is 20.0 Å². The second-order valence-corrected chi connectivity index (χ2v) is 12.9. The van der Waals surface area contributed by atoms with Gasteiger partial charge in [-0.25, -0.2) is 16.8 Å². The van der Waals surface area contributed by atoms with Gasteiger partial charge in [-0.2, -0.15) is 8.61 Å². The van der Waals surface area contributed by atoms with E-state index in [1.54, 1.807) is 28.6 Å². The van der Waals surface area contributed by atoms with Crippen molar-refractivity contribution in [3.05, 3.63) is 54.1 Å². The van der Waals surface area contributed by atoms with Gasteiger partial charge < -0.3 is 5.32 Å². The average molecular weight is 520 g/mol. The molecule has 1 unspecified atom stereocenters. The Morgan fingerprint density at radius 3 is 2.03 bits per heavy atom. The van der Waals surface area contributed by atoms with E-state index in [0.717, 1.165) is 38.5 Å². The number of carbonyl (C=O) groups excluding carboxylic acids is 1. The third-order valence-corrected chi connectivity index (χ3v) is 10.7. The fourth-order valence-electron chi connectivity index (χ4n) is 4.75. The number of anilines is 1. The minimum absolute atomic E-state index is 0.00829. The SMILES string of the molecule is CCC1CCCCN1S(=O)(=O)c1ccc(NCC(=O)c2ccc(S(=O)(=O)N3CCCC3)cc2)cc1. The molecule has 0 aromatic heterocycles. The van der Waals surface area contributed by atoms with Gasteiger partial charge in [0.15, 0.2) is 5.78 Å². The number of ketones is 1. The third kappa shape index (κ3) is 5.61. The highest BCUT2D eigenvalue weighted by Crippen LogP contribution is 2.27. The fourth-order valence-corrected chi connectivity index (χ4v) is 8.04. The molecule has 2 aromatic carbocycles. The summed E-state index contributed by atoms with van der Waals surface area (Å²) in [5.74, 6) is -0.189. The normalized spacial score (nSPS) is 20.1. The Bertz CT molecular complexity index is 1240. The van der Waals surface area contributed by atoms with Gasteiger partial charge in [0.25, 0.3) is 0 Å². The summed E-state index contributed by atoms with van der Waals surface area (Å²) >= 11 is 0. The molecule has 2 aromatic rings. The van der Waals surface area contributed by atoms with E-state index >= 15 is 0 Å². The molecule has 1 N–H and O–H groups in total. The summed E-state index contributed by atoms with van der Waals surface area (Å²) in [4.78, 5) is 13.1. The second-order valence-electron chi connectivity index (χ2n) is 9.11. The van der Waals surface area contributed by atoms with Gasteiger partial charge in [-0.15, -0.1) is 0 Å². The topological polar surface area (TPSA) is 104 Å². The van der Waals surface area contributed by atoms with Crippen molar-refractivity contribution in [1.82, 2.24) is 8.61 Å². The number of nitrogens with one attached hydrogen (secondary N) is 1. The smallest absolute Gasteiger partial charge is 0.243 e. The van der Waals surface area contributed by atoms with E-state index in [4.69, 9.17) is 0 Å². The molecule has 0 radical (unpaired) electrons. The van der Waals surface area contributed by atoms with E-state index < -0.39 is 20.0 Å². The first-order chi connectivity index (χ1) is 16.7. The zero-order valence-electron chi connectivity index (χ0n) is 20.0. The number of benzene rings is 2. The summed E-state index contributed by atoms with van der Waals surface area (Å²) in [6.07, 6.45) is 5.35. The van der Waals surface area contributed by atoms with E-state index in [1.807, 2.05) is 6.92 Å². The maximum Gasteiger partial charge on any atom is 0.243 e. The summed E-state index contributed by atoms with van der Waals surface area (Å²) in [5.41, 5.74) is 1.05. The Hall–Kier alpha value is -2.27. The van der Waals surface area contributed by atoms with Gasteiger partial charge in [-0.3, -0.25) is 4.79 Å². The van der Waals surface area contributed by atoms with Crippen molar-refractivity contribution in [1.29, 1.82) is 0 Å². The molecule has 0 saturated carbocycles. The number of Topliss-reactive ketones (excluding diaryl/α,β-unsaturated/α-hetero) is 1. The lowest BCUT2D eigenvalue weighted by atomic mass is 10.0. The van der Waals surface area contributed by atoms with Crippen LogP contribution < -0.4 is 5.32 Å². The van der Waals surface area contributed by atoms with Crippen molar-refractivity contribution in [2.24, 2.45) is 0 Å². The molecule has 0 bridgehead atoms. The lowest BCUT2D eigenvalue weighted by Crippen LogP contribution is -2.43. The molecule has 4 rings (SSSR count). The van der Waals surface area contributed by atoms with Crippen molar-refractivity contribution in [3.8, 4) is 0 Å². The van der Waals surface area contributed by atoms with Crippen LogP contribution >= 0.6 is 0 Å². The standard InChI is InChI=1S/C25H33N3O5S2/c1-2-22-7-3-4-18-28(22)35(32,33)24-14-10-21(11-15-24)26-19-25(29)20-8-12-23(13-9-20)34(30,31)27-16-5-6-17-27/h8-15,22,26H,2-7,16-19H2,1H3. The highest BCUT2D eigenvalue weighted by Gasteiger charge is 2.32. The maximum atomic E-state index is 13.1. The first-order valence-corrected chi connectivity index (χ1v) is 15.1. The van der Waals surface area contributed by atoms with E-state index in [1.165, 1.54) is 28.6 Å². The molecule has 10 heteroatoms. The molecule has 2 saturated heterocycles. The number of carbonyl (C=O) groups is 1. The van der Waals surface area contributed by atoms with Crippen LogP contribution in [0.25, 0.3) is 0 Å². The monoisotopic (exact) mass is 519 g/mol. The van der Waals surface area contributed by atoms with Gasteiger partial charge in [0.1, 0.15) is 0 Å². The molecule has 190 valence electrons. The van der Waals surface area contributed by atoms with E-state index in [9.17, 15) is 21.6 Å². The van der Waals surface area contributed by atoms with Crippen molar-refractivity contribution in [2.45, 2.75) is 61.3 Å². The van der Waals surface area contributed by atoms with E-state index in [0.29, 0.717) is 30.9 Å². The fraction of sp³-hybridized carbons (Fsp3) is 0.480. The van der Waals surface area contributed by atoms with Crippen LogP contribution in [0.15, 0.2) is 58.3 Å². The molecule has 0 aliphatic carbocycles. The first kappa shape index (κ1) is 25.8. The maximum absolute atomic E-state index is 13.1. The lowest BCUT2D eigenvalue weighted by molar-refractivity contribution is 0.101. The molecule has 1 atom stereocenters. The van der Waals surface area contributed by atoms with Crippen molar-refractivity contribution in [3.63, 3.8) is 0 Å². The molecule has 35 heavy (non-hydrogen) atoms. The van der Waals surface area contributed by atoms with Crippen LogP contribution in [0.4, 0.5) is 5.69 Å². The molecule has 0 spiro atoms. The largest absolute Gasteiger partial charge is 0.378 e. The Kier molecular flexibility index (Phi) is 7.95. The van der Waals surface area contributed by atoms with Crippen LogP contribution in [0, 0.1) is 0 Å². The number of hydrogen-bond acceptors (Lipinski definition) is 6. The summed E-state index contributed by atoms with van der Waals surface area (Å²) < 4.78 is 54.6. The average Bonchev–Trinajstić information content (AvgIpc) is 3.44. The zero-order chi connectivity index (χ0) is 25.1. The first-order valence-electron chi connectivity index (χ1n) is 12.2. The van der Waals surface area contributed by atoms with Gasteiger partial charge in [-0.05, 0) is 80.6 Å². The number of hydrogen-bond donors (Lipinski definition) is 1. The highest BCUT2D eigenvalue weighted by atomic mass is 32.2. The van der Waals surface area contributed by atoms with Crippen LogP contribution in [-0.4, -0.2) is 63.5 Å². The summed E-state index contributed by atoms with van der Waals surface area (Å²) in [6.45, 7) is 3.64. The Morgan fingerprint density at radius 1 is 0.829 bits per heavy atom. The molecule has 8 nitrogen and oxygen atoms in total. The summed E-state index contributed by atoms with van der Waals surface area (Å²) in [6, 6.07) is 12.5. The minimum Gasteiger partial charge on any atom is -0.378 e. The Morgan fingerprint density at radius 2 is 1.40 bits per heavy atom. The number of rotatable bonds is 9. The number of sulfonamides is 2.